The van der Waals surface area contributed by atoms with E-state index < -0.39 is 11.9 Å². The Hall–Kier alpha value is -1.19. The van der Waals surface area contributed by atoms with Crippen LogP contribution in [0, 0.1) is 6.92 Å². The Morgan fingerprint density at radius 2 is 1.81 bits per heavy atom. The van der Waals surface area contributed by atoms with Crippen molar-refractivity contribution in [3.8, 4) is 0 Å². The van der Waals surface area contributed by atoms with Gasteiger partial charge in [-0.2, -0.15) is 0 Å². The van der Waals surface area contributed by atoms with E-state index in [9.17, 15) is 4.79 Å². The van der Waals surface area contributed by atoms with Crippen LogP contribution in [0.1, 0.15) is 31.1 Å². The van der Waals surface area contributed by atoms with Crippen LogP contribution in [-0.2, 0) is 14.3 Å². The predicted molar refractivity (Wildman–Crippen MR) is 60.0 cm³/mol. The molecule has 0 spiro atoms. The summed E-state index contributed by atoms with van der Waals surface area (Å²) in [4.78, 5) is 10.9. The lowest BCUT2D eigenvalue weighted by Gasteiger charge is -2.16. The van der Waals surface area contributed by atoms with Crippen LogP contribution in [0.4, 0.5) is 0 Å². The first-order chi connectivity index (χ1) is 7.52. The average molecular weight is 220 g/mol. The number of hydrogen-bond acceptors (Lipinski definition) is 3. The molecule has 3 nitrogen and oxygen atoms in total. The van der Waals surface area contributed by atoms with Gasteiger partial charge in [-0.15, -0.1) is 0 Å². The minimum atomic E-state index is -0.693. The molecule has 0 unspecified atom stereocenters. The summed E-state index contributed by atoms with van der Waals surface area (Å²) in [6.07, 6.45) is -0.00923. The second-order valence-corrected chi connectivity index (χ2v) is 4.57. The van der Waals surface area contributed by atoms with E-state index >= 15 is 0 Å². The number of carbonyl (C=O) groups is 1. The number of rotatable bonds is 2. The molecule has 0 amide bonds. The van der Waals surface area contributed by atoms with Crippen LogP contribution < -0.4 is 0 Å². The maximum absolute atomic E-state index is 10.9. The third-order valence-electron chi connectivity index (χ3n) is 2.67. The number of benzene rings is 1. The van der Waals surface area contributed by atoms with Crippen molar-refractivity contribution >= 4 is 6.29 Å². The summed E-state index contributed by atoms with van der Waals surface area (Å²) >= 11 is 0. The molecule has 0 aliphatic carbocycles. The van der Waals surface area contributed by atoms with E-state index in [4.69, 9.17) is 9.47 Å². The smallest absolute Gasteiger partial charge is 0.164 e. The summed E-state index contributed by atoms with van der Waals surface area (Å²) in [6.45, 7) is 5.66. The highest BCUT2D eigenvalue weighted by atomic mass is 16.8. The Labute approximate surface area is 95.4 Å². The van der Waals surface area contributed by atoms with E-state index in [1.54, 1.807) is 0 Å². The van der Waals surface area contributed by atoms with Crippen molar-refractivity contribution < 1.29 is 14.3 Å². The van der Waals surface area contributed by atoms with Gasteiger partial charge in [0.1, 0.15) is 12.2 Å². The molecule has 1 heterocycles. The number of aryl methyl sites for hydroxylation is 1. The molecular formula is C13H16O3. The molecule has 1 aromatic rings. The van der Waals surface area contributed by atoms with Crippen molar-refractivity contribution in [2.75, 3.05) is 0 Å². The second-order valence-electron chi connectivity index (χ2n) is 4.57. The van der Waals surface area contributed by atoms with Gasteiger partial charge in [0.05, 0.1) is 0 Å². The number of carbonyl (C=O) groups excluding carboxylic acids is 1. The van der Waals surface area contributed by atoms with Crippen LogP contribution in [0.3, 0.4) is 0 Å². The van der Waals surface area contributed by atoms with Crippen molar-refractivity contribution in [2.45, 2.75) is 38.8 Å². The summed E-state index contributed by atoms with van der Waals surface area (Å²) in [5.74, 6) is -0.693. The topological polar surface area (TPSA) is 35.5 Å². The van der Waals surface area contributed by atoms with E-state index in [1.165, 1.54) is 5.56 Å². The van der Waals surface area contributed by atoms with Gasteiger partial charge in [0.2, 0.25) is 0 Å². The highest BCUT2D eigenvalue weighted by Gasteiger charge is 2.41. The summed E-state index contributed by atoms with van der Waals surface area (Å²) in [5, 5.41) is 0. The molecule has 86 valence electrons. The zero-order valence-electron chi connectivity index (χ0n) is 9.77. The van der Waals surface area contributed by atoms with E-state index in [0.29, 0.717) is 0 Å². The van der Waals surface area contributed by atoms with E-state index in [2.05, 4.69) is 0 Å². The van der Waals surface area contributed by atoms with Gasteiger partial charge in [-0.25, -0.2) is 0 Å². The molecule has 0 saturated carbocycles. The zero-order valence-corrected chi connectivity index (χ0v) is 9.77. The van der Waals surface area contributed by atoms with Gasteiger partial charge in [0, 0.05) is 0 Å². The van der Waals surface area contributed by atoms with E-state index in [0.717, 1.165) is 11.8 Å². The number of hydrogen-bond donors (Lipinski definition) is 0. The third-order valence-corrected chi connectivity index (χ3v) is 2.67. The largest absolute Gasteiger partial charge is 0.339 e. The quantitative estimate of drug-likeness (QED) is 0.718. The minimum Gasteiger partial charge on any atom is -0.339 e. The molecule has 0 N–H and O–H groups in total. The Kier molecular flexibility index (Phi) is 2.82. The predicted octanol–water partition coefficient (Wildman–Crippen LogP) is 2.39. The summed E-state index contributed by atoms with van der Waals surface area (Å²) in [6, 6.07) is 7.96. The van der Waals surface area contributed by atoms with Gasteiger partial charge >= 0.3 is 0 Å². The first kappa shape index (κ1) is 11.3. The van der Waals surface area contributed by atoms with Gasteiger partial charge in [-0.1, -0.05) is 29.8 Å². The van der Waals surface area contributed by atoms with Crippen molar-refractivity contribution in [3.63, 3.8) is 0 Å². The number of ether oxygens (including phenoxy) is 2. The van der Waals surface area contributed by atoms with Crippen LogP contribution in [-0.4, -0.2) is 18.2 Å². The molecule has 3 heteroatoms. The molecule has 0 radical (unpaired) electrons. The summed E-state index contributed by atoms with van der Waals surface area (Å²) < 4.78 is 11.2. The fourth-order valence-electron chi connectivity index (χ4n) is 1.90. The lowest BCUT2D eigenvalue weighted by molar-refractivity contribution is -0.150. The molecular weight excluding hydrogens is 204 g/mol. The van der Waals surface area contributed by atoms with Gasteiger partial charge in [-0.05, 0) is 26.3 Å². The van der Waals surface area contributed by atoms with Crippen LogP contribution >= 0.6 is 0 Å². The van der Waals surface area contributed by atoms with Crippen molar-refractivity contribution in [3.05, 3.63) is 35.4 Å². The van der Waals surface area contributed by atoms with Gasteiger partial charge < -0.3 is 14.3 Å². The SMILES string of the molecule is Cc1ccc([C@@H]2OC(C)(C)O[C@H]2C=O)cc1. The first-order valence-corrected chi connectivity index (χ1v) is 5.39. The third kappa shape index (κ3) is 2.15. The fraction of sp³-hybridized carbons (Fsp3) is 0.462. The summed E-state index contributed by atoms with van der Waals surface area (Å²) in [5.41, 5.74) is 2.16. The fourth-order valence-corrected chi connectivity index (χ4v) is 1.90. The lowest BCUT2D eigenvalue weighted by Crippen LogP contribution is -2.21. The Morgan fingerprint density at radius 1 is 1.19 bits per heavy atom. The molecule has 1 fully saturated rings. The highest BCUT2D eigenvalue weighted by Crippen LogP contribution is 2.37. The molecule has 1 saturated heterocycles. The van der Waals surface area contributed by atoms with Crippen molar-refractivity contribution in [1.29, 1.82) is 0 Å². The summed E-state index contributed by atoms with van der Waals surface area (Å²) in [7, 11) is 0. The van der Waals surface area contributed by atoms with Crippen molar-refractivity contribution in [1.82, 2.24) is 0 Å². The standard InChI is InChI=1S/C13H16O3/c1-9-4-6-10(7-5-9)12-11(8-14)15-13(2,3)16-12/h4-8,11-12H,1-3H3/t11-,12-/m0/s1. The van der Waals surface area contributed by atoms with Crippen LogP contribution in [0.5, 0.6) is 0 Å². The van der Waals surface area contributed by atoms with Gasteiger partial charge in [-0.3, -0.25) is 0 Å². The maximum atomic E-state index is 10.9. The van der Waals surface area contributed by atoms with Crippen LogP contribution in [0.15, 0.2) is 24.3 Å². The molecule has 0 bridgehead atoms. The first-order valence-electron chi connectivity index (χ1n) is 5.39. The van der Waals surface area contributed by atoms with E-state index in [-0.39, 0.29) is 6.10 Å². The monoisotopic (exact) mass is 220 g/mol. The Morgan fingerprint density at radius 3 is 2.38 bits per heavy atom. The molecule has 1 aliphatic rings. The molecule has 1 aromatic carbocycles. The lowest BCUT2D eigenvalue weighted by atomic mass is 10.0. The zero-order chi connectivity index (χ0) is 11.8. The Balaban J connectivity index is 2.26. The molecule has 0 aromatic heterocycles. The number of aldehydes is 1. The molecule has 16 heavy (non-hydrogen) atoms. The Bertz CT molecular complexity index is 381. The highest BCUT2D eigenvalue weighted by molar-refractivity contribution is 5.58. The molecule has 2 atom stereocenters. The van der Waals surface area contributed by atoms with Crippen molar-refractivity contribution in [2.24, 2.45) is 0 Å². The average Bonchev–Trinajstić information content (AvgIpc) is 2.55. The van der Waals surface area contributed by atoms with Crippen LogP contribution in [0.2, 0.25) is 0 Å². The maximum Gasteiger partial charge on any atom is 0.164 e. The normalized spacial score (nSPS) is 27.9. The molecule has 1 aliphatic heterocycles. The minimum absolute atomic E-state index is 0.298. The second kappa shape index (κ2) is 4.00. The van der Waals surface area contributed by atoms with Gasteiger partial charge in [0.25, 0.3) is 0 Å². The van der Waals surface area contributed by atoms with E-state index in [1.807, 2.05) is 45.0 Å². The molecule has 2 rings (SSSR count). The van der Waals surface area contributed by atoms with Gasteiger partial charge in [0.15, 0.2) is 12.1 Å². The van der Waals surface area contributed by atoms with Crippen LogP contribution in [0.25, 0.3) is 0 Å².